The van der Waals surface area contributed by atoms with Crippen molar-refractivity contribution in [2.24, 2.45) is 5.92 Å². The monoisotopic (exact) mass is 631 g/mol. The summed E-state index contributed by atoms with van der Waals surface area (Å²) in [5.41, 5.74) is 0.135. The van der Waals surface area contributed by atoms with Crippen molar-refractivity contribution in [3.63, 3.8) is 0 Å². The molecule has 0 bridgehead atoms. The first kappa shape index (κ1) is 37.2. The maximum absolute atomic E-state index is 13.7. The Labute approximate surface area is 265 Å². The lowest BCUT2D eigenvalue weighted by Crippen LogP contribution is -2.60. The minimum atomic E-state index is -1.20. The quantitative estimate of drug-likeness (QED) is 0.157. The number of nitrogens with zero attached hydrogens (tertiary/aromatic N) is 1. The van der Waals surface area contributed by atoms with Gasteiger partial charge in [-0.1, -0.05) is 36.4 Å². The summed E-state index contributed by atoms with van der Waals surface area (Å²) in [6, 6.07) is 6.15. The molecule has 250 valence electrons. The molecule has 1 aromatic rings. The zero-order chi connectivity index (χ0) is 33.6. The van der Waals surface area contributed by atoms with Crippen molar-refractivity contribution in [1.82, 2.24) is 26.2 Å². The Morgan fingerprint density at radius 2 is 1.73 bits per heavy atom. The smallest absolute Gasteiger partial charge is 0.408 e. The minimum Gasteiger partial charge on any atom is -0.463 e. The Morgan fingerprint density at radius 3 is 2.31 bits per heavy atom. The maximum atomic E-state index is 13.7. The Balaban J connectivity index is 2.22. The van der Waals surface area contributed by atoms with E-state index >= 15 is 0 Å². The second-order valence-electron chi connectivity index (χ2n) is 12.2. The summed E-state index contributed by atoms with van der Waals surface area (Å²) in [5, 5.41) is 11.0. The molecular weight excluding hydrogens is 582 g/mol. The number of carbonyl (C=O) groups excluding carboxylic acids is 5. The van der Waals surface area contributed by atoms with Crippen molar-refractivity contribution < 1.29 is 38.2 Å². The molecule has 1 fully saturated rings. The standard InChI is InChI=1S/C32H49N5O8/c1-8-43-26(38)15-14-24(18-23-16-17-33-28(23)39)34-29(40)25(19-37(6)7)35-30(41)27(21(2)45-32(3,4)5)36-31(42)44-20-22-12-10-9-11-13-22/h9-15,21,23-25,27H,8,16-20H2,1-7H3,(H,33,39)(H,34,40)(H,35,41)(H,36,42)/t21?,23-,24+,25-,27-/m0/s1. The number of benzene rings is 1. The van der Waals surface area contributed by atoms with Crippen LogP contribution in [0.3, 0.4) is 0 Å². The van der Waals surface area contributed by atoms with Crippen LogP contribution in [0.1, 0.15) is 53.0 Å². The molecule has 4 N–H and O–H groups in total. The molecule has 1 heterocycles. The Kier molecular flexibility index (Phi) is 15.0. The molecule has 1 aromatic carbocycles. The van der Waals surface area contributed by atoms with Gasteiger partial charge in [0.1, 0.15) is 18.7 Å². The molecule has 0 aromatic heterocycles. The molecule has 1 unspecified atom stereocenters. The molecule has 13 nitrogen and oxygen atoms in total. The highest BCUT2D eigenvalue weighted by Crippen LogP contribution is 2.17. The van der Waals surface area contributed by atoms with Gasteiger partial charge in [0.25, 0.3) is 0 Å². The summed E-state index contributed by atoms with van der Waals surface area (Å²) >= 11 is 0. The highest BCUT2D eigenvalue weighted by molar-refractivity contribution is 5.92. The molecule has 13 heteroatoms. The lowest BCUT2D eigenvalue weighted by molar-refractivity contribution is -0.137. The first-order valence-electron chi connectivity index (χ1n) is 15.2. The SMILES string of the molecule is CCOC(=O)C=C[C@H](C[C@@H]1CCNC1=O)NC(=O)[C@H](CN(C)C)NC(=O)[C@@H](NC(=O)OCc1ccccc1)C(C)OC(C)(C)C. The van der Waals surface area contributed by atoms with Crippen LogP contribution in [-0.4, -0.2) is 98.3 Å². The van der Waals surface area contributed by atoms with E-state index in [0.717, 1.165) is 5.56 Å². The lowest BCUT2D eigenvalue weighted by atomic mass is 9.97. The number of esters is 1. The molecule has 2 rings (SSSR count). The minimum absolute atomic E-state index is 0.000897. The molecule has 1 saturated heterocycles. The largest absolute Gasteiger partial charge is 0.463 e. The number of carbonyl (C=O) groups is 5. The van der Waals surface area contributed by atoms with Crippen LogP contribution >= 0.6 is 0 Å². The van der Waals surface area contributed by atoms with Gasteiger partial charge in [-0.3, -0.25) is 14.4 Å². The van der Waals surface area contributed by atoms with Crippen LogP contribution in [0.15, 0.2) is 42.5 Å². The van der Waals surface area contributed by atoms with Gasteiger partial charge >= 0.3 is 12.1 Å². The average molecular weight is 632 g/mol. The molecule has 0 spiro atoms. The third-order valence-electron chi connectivity index (χ3n) is 6.74. The van der Waals surface area contributed by atoms with Crippen LogP contribution in [0, 0.1) is 5.92 Å². The Hall–Kier alpha value is -3.97. The number of amides is 4. The predicted octanol–water partition coefficient (Wildman–Crippen LogP) is 1.66. The van der Waals surface area contributed by atoms with E-state index in [1.807, 2.05) is 51.1 Å². The molecular formula is C32H49N5O8. The number of alkyl carbamates (subject to hydrolysis) is 1. The van der Waals surface area contributed by atoms with Crippen LogP contribution in [0.4, 0.5) is 4.79 Å². The predicted molar refractivity (Wildman–Crippen MR) is 168 cm³/mol. The summed E-state index contributed by atoms with van der Waals surface area (Å²) in [6.07, 6.45) is 1.93. The Bertz CT molecular complexity index is 1170. The van der Waals surface area contributed by atoms with Crippen LogP contribution in [0.2, 0.25) is 0 Å². The zero-order valence-corrected chi connectivity index (χ0v) is 27.4. The summed E-state index contributed by atoms with van der Waals surface area (Å²) in [5.74, 6) is -2.25. The average Bonchev–Trinajstić information content (AvgIpc) is 3.36. The number of hydrogen-bond donors (Lipinski definition) is 4. The van der Waals surface area contributed by atoms with Gasteiger partial charge < -0.3 is 40.4 Å². The van der Waals surface area contributed by atoms with E-state index < -0.39 is 53.7 Å². The van der Waals surface area contributed by atoms with E-state index in [4.69, 9.17) is 14.2 Å². The van der Waals surface area contributed by atoms with Crippen molar-refractivity contribution in [2.75, 3.05) is 33.8 Å². The van der Waals surface area contributed by atoms with E-state index in [9.17, 15) is 24.0 Å². The fraction of sp³-hybridized carbons (Fsp3) is 0.594. The van der Waals surface area contributed by atoms with Gasteiger partial charge in [0.15, 0.2) is 0 Å². The van der Waals surface area contributed by atoms with Crippen molar-refractivity contribution >= 4 is 29.8 Å². The molecule has 5 atom stereocenters. The number of ether oxygens (including phenoxy) is 3. The number of likely N-dealkylation sites (N-methyl/N-ethyl adjacent to an activating group) is 1. The van der Waals surface area contributed by atoms with Gasteiger partial charge in [0, 0.05) is 31.1 Å². The number of nitrogens with one attached hydrogen (secondary N) is 4. The van der Waals surface area contributed by atoms with E-state index in [-0.39, 0.29) is 38.0 Å². The van der Waals surface area contributed by atoms with Crippen molar-refractivity contribution in [3.8, 4) is 0 Å². The molecule has 4 amide bonds. The van der Waals surface area contributed by atoms with E-state index in [2.05, 4.69) is 21.3 Å². The van der Waals surface area contributed by atoms with Crippen molar-refractivity contribution in [1.29, 1.82) is 0 Å². The third kappa shape index (κ3) is 14.1. The molecule has 0 saturated carbocycles. The van der Waals surface area contributed by atoms with E-state index in [0.29, 0.717) is 13.0 Å². The van der Waals surface area contributed by atoms with Crippen LogP contribution in [0.5, 0.6) is 0 Å². The second-order valence-corrected chi connectivity index (χ2v) is 12.2. The first-order chi connectivity index (χ1) is 21.2. The highest BCUT2D eigenvalue weighted by atomic mass is 16.6. The number of hydrogen-bond acceptors (Lipinski definition) is 9. The first-order valence-corrected chi connectivity index (χ1v) is 15.2. The molecule has 0 radical (unpaired) electrons. The molecule has 45 heavy (non-hydrogen) atoms. The highest BCUT2D eigenvalue weighted by Gasteiger charge is 2.35. The van der Waals surface area contributed by atoms with Crippen molar-refractivity contribution in [2.45, 2.75) is 83.9 Å². The lowest BCUT2D eigenvalue weighted by Gasteiger charge is -2.32. The van der Waals surface area contributed by atoms with Crippen LogP contribution in [0.25, 0.3) is 0 Å². The van der Waals surface area contributed by atoms with Crippen LogP contribution in [-0.2, 0) is 40.0 Å². The molecule has 1 aliphatic heterocycles. The maximum Gasteiger partial charge on any atom is 0.408 e. The van der Waals surface area contributed by atoms with Gasteiger partial charge in [-0.15, -0.1) is 0 Å². The summed E-state index contributed by atoms with van der Waals surface area (Å²) in [6.45, 7) is 9.64. The summed E-state index contributed by atoms with van der Waals surface area (Å²) in [7, 11) is 3.49. The van der Waals surface area contributed by atoms with E-state index in [1.165, 1.54) is 12.2 Å². The van der Waals surface area contributed by atoms with Gasteiger partial charge in [-0.05, 0) is 67.1 Å². The fourth-order valence-corrected chi connectivity index (χ4v) is 4.76. The van der Waals surface area contributed by atoms with Gasteiger partial charge in [0.2, 0.25) is 17.7 Å². The number of rotatable bonds is 16. The van der Waals surface area contributed by atoms with Crippen molar-refractivity contribution in [3.05, 3.63) is 48.0 Å². The fourth-order valence-electron chi connectivity index (χ4n) is 4.76. The van der Waals surface area contributed by atoms with Gasteiger partial charge in [0.05, 0.1) is 18.3 Å². The zero-order valence-electron chi connectivity index (χ0n) is 27.4. The third-order valence-corrected chi connectivity index (χ3v) is 6.74. The van der Waals surface area contributed by atoms with Gasteiger partial charge in [-0.25, -0.2) is 9.59 Å². The van der Waals surface area contributed by atoms with E-state index in [1.54, 1.807) is 32.8 Å². The normalized spacial score (nSPS) is 17.6. The second kappa shape index (κ2) is 18.1. The van der Waals surface area contributed by atoms with Crippen LogP contribution < -0.4 is 21.3 Å². The molecule has 1 aliphatic rings. The molecule has 0 aliphatic carbocycles. The topological polar surface area (TPSA) is 164 Å². The Morgan fingerprint density at radius 1 is 1.04 bits per heavy atom. The summed E-state index contributed by atoms with van der Waals surface area (Å²) < 4.78 is 16.3. The van der Waals surface area contributed by atoms with Gasteiger partial charge in [-0.2, -0.15) is 0 Å². The summed E-state index contributed by atoms with van der Waals surface area (Å²) in [4.78, 5) is 66.0.